The molecule has 7 heteroatoms. The summed E-state index contributed by atoms with van der Waals surface area (Å²) >= 11 is 0. The molecule has 2 rings (SSSR count). The molecule has 1 N–H and O–H groups in total. The van der Waals surface area contributed by atoms with Gasteiger partial charge >= 0.3 is 5.97 Å². The Morgan fingerprint density at radius 3 is 2.84 bits per heavy atom. The lowest BCUT2D eigenvalue weighted by Crippen LogP contribution is -2.60. The molecule has 19 heavy (non-hydrogen) atoms. The average molecular weight is 291 g/mol. The summed E-state index contributed by atoms with van der Waals surface area (Å²) in [5.74, 6) is -0.527. The van der Waals surface area contributed by atoms with Crippen molar-refractivity contribution < 1.29 is 22.7 Å². The number of sulfone groups is 1. The average Bonchev–Trinajstić information content (AvgIpc) is 2.87. The van der Waals surface area contributed by atoms with E-state index < -0.39 is 21.3 Å². The van der Waals surface area contributed by atoms with Crippen LogP contribution in [0.4, 0.5) is 0 Å². The van der Waals surface area contributed by atoms with E-state index in [2.05, 4.69) is 5.32 Å². The van der Waals surface area contributed by atoms with E-state index in [1.807, 2.05) is 0 Å². The van der Waals surface area contributed by atoms with Crippen LogP contribution in [0.1, 0.15) is 25.7 Å². The van der Waals surface area contributed by atoms with Crippen molar-refractivity contribution in [1.82, 2.24) is 5.32 Å². The van der Waals surface area contributed by atoms with E-state index in [4.69, 9.17) is 9.47 Å². The highest BCUT2D eigenvalue weighted by atomic mass is 32.2. The van der Waals surface area contributed by atoms with Gasteiger partial charge in [0.15, 0.2) is 9.84 Å². The molecule has 6 nitrogen and oxygen atoms in total. The maximum absolute atomic E-state index is 12.0. The highest BCUT2D eigenvalue weighted by Gasteiger charge is 2.46. The number of methoxy groups -OCH3 is 1. The number of carbonyl (C=O) groups excluding carboxylic acids is 1. The second kappa shape index (κ2) is 5.76. The number of esters is 1. The minimum absolute atomic E-state index is 0.0613. The maximum atomic E-state index is 12.0. The molecule has 0 saturated carbocycles. The van der Waals surface area contributed by atoms with Gasteiger partial charge in [-0.2, -0.15) is 0 Å². The quantitative estimate of drug-likeness (QED) is 0.727. The molecule has 0 radical (unpaired) electrons. The Kier molecular flexibility index (Phi) is 4.47. The van der Waals surface area contributed by atoms with Crippen LogP contribution in [0.5, 0.6) is 0 Å². The van der Waals surface area contributed by atoms with Gasteiger partial charge in [0.2, 0.25) is 0 Å². The van der Waals surface area contributed by atoms with Crippen LogP contribution in [-0.4, -0.2) is 57.8 Å². The molecular weight excluding hydrogens is 270 g/mol. The third kappa shape index (κ3) is 3.46. The van der Waals surface area contributed by atoms with Crippen LogP contribution in [0.2, 0.25) is 0 Å². The van der Waals surface area contributed by atoms with E-state index in [-0.39, 0.29) is 17.6 Å². The van der Waals surface area contributed by atoms with Crippen molar-refractivity contribution in [2.75, 3.05) is 31.8 Å². The Balaban J connectivity index is 2.07. The molecule has 0 aromatic heterocycles. The summed E-state index contributed by atoms with van der Waals surface area (Å²) in [5.41, 5.74) is -1.10. The zero-order valence-electron chi connectivity index (χ0n) is 11.2. The highest BCUT2D eigenvalue weighted by Crippen LogP contribution is 2.25. The van der Waals surface area contributed by atoms with Gasteiger partial charge in [-0.05, 0) is 25.7 Å². The van der Waals surface area contributed by atoms with Crippen LogP contribution >= 0.6 is 0 Å². The lowest BCUT2D eigenvalue weighted by Gasteiger charge is -2.35. The zero-order valence-corrected chi connectivity index (χ0v) is 12.0. The zero-order chi connectivity index (χ0) is 13.9. The Bertz CT molecular complexity index is 429. The number of ether oxygens (including phenoxy) is 2. The topological polar surface area (TPSA) is 81.7 Å². The summed E-state index contributed by atoms with van der Waals surface area (Å²) in [6, 6.07) is 0. The van der Waals surface area contributed by atoms with Crippen molar-refractivity contribution in [2.24, 2.45) is 0 Å². The van der Waals surface area contributed by atoms with Gasteiger partial charge in [-0.25, -0.2) is 8.42 Å². The van der Waals surface area contributed by atoms with Crippen LogP contribution in [-0.2, 0) is 24.1 Å². The van der Waals surface area contributed by atoms with Crippen LogP contribution in [0.25, 0.3) is 0 Å². The van der Waals surface area contributed by atoms with Crippen molar-refractivity contribution in [3.8, 4) is 0 Å². The fourth-order valence-electron chi connectivity index (χ4n) is 2.80. The molecule has 0 aromatic rings. The second-order valence-electron chi connectivity index (χ2n) is 5.29. The van der Waals surface area contributed by atoms with Crippen molar-refractivity contribution in [2.45, 2.75) is 37.3 Å². The molecular formula is C12H21NO5S. The first kappa shape index (κ1) is 14.7. The van der Waals surface area contributed by atoms with Crippen molar-refractivity contribution in [3.05, 3.63) is 0 Å². The first-order chi connectivity index (χ1) is 8.97. The lowest BCUT2D eigenvalue weighted by molar-refractivity contribution is -0.148. The van der Waals surface area contributed by atoms with Gasteiger partial charge < -0.3 is 9.47 Å². The molecule has 2 aliphatic rings. The predicted molar refractivity (Wildman–Crippen MR) is 69.6 cm³/mol. The Hall–Kier alpha value is -0.660. The van der Waals surface area contributed by atoms with Gasteiger partial charge in [0, 0.05) is 13.2 Å². The summed E-state index contributed by atoms with van der Waals surface area (Å²) in [5, 5.41) is 3.10. The fourth-order valence-corrected chi connectivity index (χ4v) is 4.64. The lowest BCUT2D eigenvalue weighted by atomic mass is 9.95. The van der Waals surface area contributed by atoms with Crippen LogP contribution in [0, 0.1) is 0 Å². The van der Waals surface area contributed by atoms with E-state index >= 15 is 0 Å². The molecule has 0 spiro atoms. The molecule has 0 aliphatic carbocycles. The van der Waals surface area contributed by atoms with Crippen molar-refractivity contribution in [1.29, 1.82) is 0 Å². The van der Waals surface area contributed by atoms with E-state index in [1.165, 1.54) is 7.11 Å². The van der Waals surface area contributed by atoms with Crippen LogP contribution in [0.15, 0.2) is 0 Å². The summed E-state index contributed by atoms with van der Waals surface area (Å²) in [6.07, 6.45) is 2.99. The van der Waals surface area contributed by atoms with Crippen LogP contribution < -0.4 is 5.32 Å². The number of hydrogen-bond donors (Lipinski definition) is 1. The van der Waals surface area contributed by atoms with Crippen molar-refractivity contribution in [3.63, 3.8) is 0 Å². The van der Waals surface area contributed by atoms with Gasteiger partial charge in [0.25, 0.3) is 0 Å². The number of carbonyl (C=O) groups is 1. The number of rotatable bonds is 4. The monoisotopic (exact) mass is 291 g/mol. The van der Waals surface area contributed by atoms with Gasteiger partial charge in [-0.3, -0.25) is 10.1 Å². The standard InChI is InChI=1S/C12H21NO5S/c1-17-11(14)12(5-3-7-19(15,16)9-12)13-8-10-4-2-6-18-10/h10,13H,2-9H2,1H3. The molecule has 2 fully saturated rings. The summed E-state index contributed by atoms with van der Waals surface area (Å²) in [6.45, 7) is 1.22. The van der Waals surface area contributed by atoms with Gasteiger partial charge in [-0.15, -0.1) is 0 Å². The fraction of sp³-hybridized carbons (Fsp3) is 0.917. The summed E-state index contributed by atoms with van der Waals surface area (Å²) < 4.78 is 33.9. The third-order valence-electron chi connectivity index (χ3n) is 3.79. The maximum Gasteiger partial charge on any atom is 0.327 e. The normalized spacial score (nSPS) is 34.1. The summed E-state index contributed by atoms with van der Waals surface area (Å²) in [7, 11) is -1.90. The van der Waals surface area contributed by atoms with Gasteiger partial charge in [0.05, 0.1) is 24.7 Å². The van der Waals surface area contributed by atoms with E-state index in [9.17, 15) is 13.2 Å². The first-order valence-electron chi connectivity index (χ1n) is 6.63. The molecule has 2 heterocycles. The van der Waals surface area contributed by atoms with E-state index in [0.29, 0.717) is 19.4 Å². The molecule has 2 aliphatic heterocycles. The number of hydrogen-bond acceptors (Lipinski definition) is 6. The summed E-state index contributed by atoms with van der Waals surface area (Å²) in [4.78, 5) is 12.0. The molecule has 0 amide bonds. The largest absolute Gasteiger partial charge is 0.468 e. The first-order valence-corrected chi connectivity index (χ1v) is 8.45. The van der Waals surface area contributed by atoms with E-state index in [0.717, 1.165) is 19.4 Å². The van der Waals surface area contributed by atoms with Gasteiger partial charge in [0.1, 0.15) is 5.54 Å². The van der Waals surface area contributed by atoms with Crippen molar-refractivity contribution >= 4 is 15.8 Å². The minimum atomic E-state index is -3.20. The van der Waals surface area contributed by atoms with Gasteiger partial charge in [-0.1, -0.05) is 0 Å². The van der Waals surface area contributed by atoms with Crippen LogP contribution in [0.3, 0.4) is 0 Å². The molecule has 0 bridgehead atoms. The molecule has 2 saturated heterocycles. The predicted octanol–water partition coefficient (Wildman–Crippen LogP) is -0.125. The smallest absolute Gasteiger partial charge is 0.327 e. The Morgan fingerprint density at radius 2 is 2.26 bits per heavy atom. The molecule has 110 valence electrons. The molecule has 2 unspecified atom stereocenters. The number of nitrogens with one attached hydrogen (secondary N) is 1. The Morgan fingerprint density at radius 1 is 1.47 bits per heavy atom. The SMILES string of the molecule is COC(=O)C1(NCC2CCCO2)CCCS(=O)(=O)C1. The third-order valence-corrected chi connectivity index (χ3v) is 5.64. The minimum Gasteiger partial charge on any atom is -0.468 e. The molecule has 0 aromatic carbocycles. The second-order valence-corrected chi connectivity index (χ2v) is 7.47. The Labute approximate surface area is 113 Å². The van der Waals surface area contributed by atoms with E-state index in [1.54, 1.807) is 0 Å². The molecule has 2 atom stereocenters. The highest BCUT2D eigenvalue weighted by molar-refractivity contribution is 7.91.